The third-order valence-corrected chi connectivity index (χ3v) is 4.27. The first-order valence-corrected chi connectivity index (χ1v) is 8.08. The number of aliphatic hydroxyl groups is 1. The van der Waals surface area contributed by atoms with Gasteiger partial charge in [0, 0.05) is 6.54 Å². The Kier molecular flexibility index (Phi) is 4.84. The second kappa shape index (κ2) is 7.02. The van der Waals surface area contributed by atoms with E-state index < -0.39 is 6.10 Å². The third-order valence-electron chi connectivity index (χ3n) is 4.27. The van der Waals surface area contributed by atoms with E-state index in [-0.39, 0.29) is 6.04 Å². The summed E-state index contributed by atoms with van der Waals surface area (Å²) in [4.78, 5) is 2.27. The number of aryl methyl sites for hydroxylation is 1. The van der Waals surface area contributed by atoms with E-state index in [0.29, 0.717) is 13.2 Å². The molecular weight excluding hydrogens is 288 g/mol. The van der Waals surface area contributed by atoms with Crippen molar-refractivity contribution in [3.63, 3.8) is 0 Å². The highest BCUT2D eigenvalue weighted by molar-refractivity contribution is 5.62. The van der Waals surface area contributed by atoms with E-state index in [1.54, 1.807) is 0 Å². The molecule has 1 heterocycles. The zero-order valence-corrected chi connectivity index (χ0v) is 13.7. The first-order chi connectivity index (χ1) is 11.2. The molecule has 0 aliphatic carbocycles. The van der Waals surface area contributed by atoms with Gasteiger partial charge < -0.3 is 20.1 Å². The first-order valence-electron chi connectivity index (χ1n) is 8.08. The highest BCUT2D eigenvalue weighted by Gasteiger charge is 2.31. The molecule has 0 spiro atoms. The van der Waals surface area contributed by atoms with Crippen molar-refractivity contribution in [2.24, 2.45) is 0 Å². The van der Waals surface area contributed by atoms with E-state index in [1.165, 1.54) is 5.56 Å². The van der Waals surface area contributed by atoms with Crippen LogP contribution in [-0.4, -0.2) is 38.0 Å². The highest BCUT2D eigenvalue weighted by atomic mass is 16.5. The summed E-state index contributed by atoms with van der Waals surface area (Å²) in [7, 11) is 1.86. The summed E-state index contributed by atoms with van der Waals surface area (Å²) in [5.41, 5.74) is 3.36. The fourth-order valence-corrected chi connectivity index (χ4v) is 3.22. The number of hydrogen-bond donors (Lipinski definition) is 2. The van der Waals surface area contributed by atoms with Crippen molar-refractivity contribution in [2.45, 2.75) is 19.1 Å². The number of benzene rings is 2. The predicted octanol–water partition coefficient (Wildman–Crippen LogP) is 2.52. The molecule has 0 saturated heterocycles. The van der Waals surface area contributed by atoms with Crippen LogP contribution in [-0.2, 0) is 0 Å². The summed E-state index contributed by atoms with van der Waals surface area (Å²) < 4.78 is 5.80. The Bertz CT molecular complexity index is 645. The van der Waals surface area contributed by atoms with Crippen molar-refractivity contribution >= 4 is 5.69 Å². The van der Waals surface area contributed by atoms with Crippen molar-refractivity contribution in [1.29, 1.82) is 0 Å². The lowest BCUT2D eigenvalue weighted by Crippen LogP contribution is -2.44. The lowest BCUT2D eigenvalue weighted by molar-refractivity contribution is 0.135. The van der Waals surface area contributed by atoms with Crippen LogP contribution in [0, 0.1) is 6.92 Å². The van der Waals surface area contributed by atoms with E-state index in [1.807, 2.05) is 31.3 Å². The summed E-state index contributed by atoms with van der Waals surface area (Å²) in [5, 5.41) is 13.8. The van der Waals surface area contributed by atoms with Gasteiger partial charge in [0.25, 0.3) is 0 Å². The number of fused-ring (bicyclic) bond motifs is 1. The molecule has 1 aliphatic heterocycles. The molecule has 23 heavy (non-hydrogen) atoms. The molecule has 2 atom stereocenters. The van der Waals surface area contributed by atoms with Gasteiger partial charge in [-0.15, -0.1) is 0 Å². The van der Waals surface area contributed by atoms with Crippen LogP contribution in [0.1, 0.15) is 17.2 Å². The smallest absolute Gasteiger partial charge is 0.142 e. The second-order valence-corrected chi connectivity index (χ2v) is 5.99. The molecular formula is C19H24N2O2. The Morgan fingerprint density at radius 3 is 2.74 bits per heavy atom. The zero-order valence-electron chi connectivity index (χ0n) is 13.7. The predicted molar refractivity (Wildman–Crippen MR) is 93.1 cm³/mol. The highest BCUT2D eigenvalue weighted by Crippen LogP contribution is 2.38. The minimum Gasteiger partial charge on any atom is -0.490 e. The largest absolute Gasteiger partial charge is 0.490 e. The molecule has 1 unspecified atom stereocenters. The molecule has 2 N–H and O–H groups in total. The van der Waals surface area contributed by atoms with Crippen molar-refractivity contribution in [3.8, 4) is 5.75 Å². The molecule has 0 bridgehead atoms. The monoisotopic (exact) mass is 312 g/mol. The van der Waals surface area contributed by atoms with E-state index in [4.69, 9.17) is 4.74 Å². The molecule has 2 aromatic rings. The van der Waals surface area contributed by atoms with Gasteiger partial charge in [-0.2, -0.15) is 0 Å². The Morgan fingerprint density at radius 2 is 2.00 bits per heavy atom. The van der Waals surface area contributed by atoms with Gasteiger partial charge in [-0.05, 0) is 37.2 Å². The summed E-state index contributed by atoms with van der Waals surface area (Å²) in [6, 6.07) is 16.3. The minimum absolute atomic E-state index is 0.104. The van der Waals surface area contributed by atoms with Crippen LogP contribution in [0.4, 0.5) is 5.69 Å². The molecule has 3 rings (SSSR count). The van der Waals surface area contributed by atoms with Crippen molar-refractivity contribution in [2.75, 3.05) is 31.6 Å². The van der Waals surface area contributed by atoms with Crippen LogP contribution in [0.3, 0.4) is 0 Å². The number of ether oxygens (including phenoxy) is 1. The molecule has 0 saturated carbocycles. The number of hydrogen-bond acceptors (Lipinski definition) is 4. The molecule has 4 heteroatoms. The molecule has 122 valence electrons. The van der Waals surface area contributed by atoms with Gasteiger partial charge in [-0.3, -0.25) is 0 Å². The number of nitrogens with zero attached hydrogens (tertiary/aromatic N) is 1. The maximum atomic E-state index is 10.8. The number of likely N-dealkylation sites (N-methyl/N-ethyl adjacent to an activating group) is 1. The van der Waals surface area contributed by atoms with E-state index >= 15 is 0 Å². The molecule has 2 aromatic carbocycles. The molecule has 0 fully saturated rings. The minimum atomic E-state index is -0.506. The normalized spacial score (nSPS) is 16.4. The van der Waals surface area contributed by atoms with Crippen molar-refractivity contribution in [3.05, 3.63) is 59.7 Å². The summed E-state index contributed by atoms with van der Waals surface area (Å²) in [6.07, 6.45) is -0.506. The zero-order chi connectivity index (χ0) is 16.2. The van der Waals surface area contributed by atoms with Crippen LogP contribution in [0.15, 0.2) is 48.5 Å². The van der Waals surface area contributed by atoms with Crippen LogP contribution < -0.4 is 15.0 Å². The maximum Gasteiger partial charge on any atom is 0.142 e. The molecule has 1 aliphatic rings. The molecule has 0 aromatic heterocycles. The second-order valence-electron chi connectivity index (χ2n) is 5.99. The van der Waals surface area contributed by atoms with Crippen LogP contribution >= 0.6 is 0 Å². The fraction of sp³-hybridized carbons (Fsp3) is 0.368. The average Bonchev–Trinajstić information content (AvgIpc) is 2.57. The molecule has 0 amide bonds. The van der Waals surface area contributed by atoms with Crippen molar-refractivity contribution < 1.29 is 9.84 Å². The fourth-order valence-electron chi connectivity index (χ4n) is 3.22. The van der Waals surface area contributed by atoms with E-state index in [2.05, 4.69) is 41.4 Å². The Balaban J connectivity index is 2.03. The third kappa shape index (κ3) is 3.33. The Morgan fingerprint density at radius 1 is 1.22 bits per heavy atom. The lowest BCUT2D eigenvalue weighted by atomic mass is 9.97. The van der Waals surface area contributed by atoms with Gasteiger partial charge in [0.05, 0.1) is 24.4 Å². The average molecular weight is 312 g/mol. The van der Waals surface area contributed by atoms with Gasteiger partial charge in [0.15, 0.2) is 0 Å². The van der Waals surface area contributed by atoms with Gasteiger partial charge in [-0.25, -0.2) is 0 Å². The van der Waals surface area contributed by atoms with Crippen molar-refractivity contribution in [1.82, 2.24) is 5.32 Å². The first kappa shape index (κ1) is 15.8. The lowest BCUT2D eigenvalue weighted by Gasteiger charge is -2.40. The molecule has 0 radical (unpaired) electrons. The SMILES string of the molecule is CNC[C@@H](O)C(c1ccccc1)N1CCOc2ccc(C)cc21. The van der Waals surface area contributed by atoms with Crippen LogP contribution in [0.5, 0.6) is 5.75 Å². The van der Waals surface area contributed by atoms with Gasteiger partial charge in [-0.1, -0.05) is 36.4 Å². The topological polar surface area (TPSA) is 44.7 Å². The number of rotatable bonds is 5. The summed E-state index contributed by atoms with van der Waals surface area (Å²) in [5.74, 6) is 0.888. The maximum absolute atomic E-state index is 10.8. The van der Waals surface area contributed by atoms with Gasteiger partial charge >= 0.3 is 0 Å². The van der Waals surface area contributed by atoms with E-state index in [9.17, 15) is 5.11 Å². The standard InChI is InChI=1S/C19H24N2O2/c1-14-8-9-18-16(12-14)21(10-11-23-18)19(17(22)13-20-2)15-6-4-3-5-7-15/h3-9,12,17,19-20,22H,10-11,13H2,1-2H3/t17-,19?/m1/s1. The number of nitrogens with one attached hydrogen (secondary N) is 1. The summed E-state index contributed by atoms with van der Waals surface area (Å²) in [6.45, 7) is 4.01. The van der Waals surface area contributed by atoms with Crippen LogP contribution in [0.25, 0.3) is 0 Å². The quantitative estimate of drug-likeness (QED) is 0.890. The number of aliphatic hydroxyl groups excluding tert-OH is 1. The van der Waals surface area contributed by atoms with Crippen LogP contribution in [0.2, 0.25) is 0 Å². The summed E-state index contributed by atoms with van der Waals surface area (Å²) >= 11 is 0. The molecule has 4 nitrogen and oxygen atoms in total. The van der Waals surface area contributed by atoms with E-state index in [0.717, 1.165) is 23.5 Å². The Labute approximate surface area is 137 Å². The Hall–Kier alpha value is -2.04. The number of anilines is 1. The van der Waals surface area contributed by atoms with Gasteiger partial charge in [0.1, 0.15) is 12.4 Å². The van der Waals surface area contributed by atoms with Gasteiger partial charge in [0.2, 0.25) is 0 Å².